The molecule has 4 aromatic rings. The molecule has 4 aromatic heterocycles. The number of likely N-dealkylation sites (tertiary alicyclic amines) is 1. The first-order chi connectivity index (χ1) is 15.2. The van der Waals surface area contributed by atoms with E-state index >= 15 is 0 Å². The number of hydrogen-bond donors (Lipinski definition) is 1. The van der Waals surface area contributed by atoms with Crippen molar-refractivity contribution >= 4 is 49.6 Å². The molecule has 0 spiro atoms. The molecule has 1 N–H and O–H groups in total. The molecule has 0 bridgehead atoms. The van der Waals surface area contributed by atoms with Crippen molar-refractivity contribution in [3.8, 4) is 0 Å². The number of piperidine rings is 1. The molecule has 0 atom stereocenters. The van der Waals surface area contributed by atoms with Gasteiger partial charge in [-0.05, 0) is 44.1 Å². The Balaban J connectivity index is 1.34. The number of thiophene rings is 1. The van der Waals surface area contributed by atoms with E-state index in [1.165, 1.54) is 72.4 Å². The molecule has 1 aliphatic carbocycles. The minimum absolute atomic E-state index is 0.0134. The van der Waals surface area contributed by atoms with Crippen LogP contribution < -0.4 is 10.5 Å². The van der Waals surface area contributed by atoms with Gasteiger partial charge in [0.2, 0.25) is 0 Å². The molecule has 31 heavy (non-hydrogen) atoms. The molecular formula is C22H24N5OS3+. The summed E-state index contributed by atoms with van der Waals surface area (Å²) >= 11 is 5.07. The number of thiazole rings is 1. The highest BCUT2D eigenvalue weighted by Crippen LogP contribution is 2.41. The summed E-state index contributed by atoms with van der Waals surface area (Å²) < 4.78 is 1.60. The van der Waals surface area contributed by atoms with Crippen LogP contribution in [0.2, 0.25) is 0 Å². The predicted molar refractivity (Wildman–Crippen MR) is 127 cm³/mol. The van der Waals surface area contributed by atoms with Crippen molar-refractivity contribution in [1.82, 2.24) is 19.4 Å². The molecular weight excluding hydrogens is 446 g/mol. The zero-order valence-electron chi connectivity index (χ0n) is 17.2. The number of rotatable bonds is 5. The second-order valence-corrected chi connectivity index (χ2v) is 11.3. The van der Waals surface area contributed by atoms with E-state index < -0.39 is 0 Å². The summed E-state index contributed by atoms with van der Waals surface area (Å²) in [5, 5.41) is 4.23. The number of nitrogens with zero attached hydrogens (tertiary/aromatic N) is 4. The zero-order valence-corrected chi connectivity index (χ0v) is 19.7. The number of aryl methyl sites for hydroxylation is 2. The smallest absolute Gasteiger partial charge is 0.258 e. The lowest BCUT2D eigenvalue weighted by Crippen LogP contribution is -3.11. The molecule has 0 radical (unpaired) electrons. The van der Waals surface area contributed by atoms with Crippen molar-refractivity contribution in [2.75, 3.05) is 13.1 Å². The maximum Gasteiger partial charge on any atom is 0.258 e. The molecule has 2 aliphatic rings. The molecule has 1 fully saturated rings. The van der Waals surface area contributed by atoms with Crippen LogP contribution in [-0.4, -0.2) is 32.4 Å². The van der Waals surface area contributed by atoms with Gasteiger partial charge in [0.1, 0.15) is 16.4 Å². The summed E-state index contributed by atoms with van der Waals surface area (Å²) in [6.07, 6.45) is 9.27. The molecule has 6 nitrogen and oxygen atoms in total. The maximum atomic E-state index is 12.4. The molecule has 0 saturated carbocycles. The lowest BCUT2D eigenvalue weighted by atomic mass is 10.1. The van der Waals surface area contributed by atoms with Crippen molar-refractivity contribution < 1.29 is 4.90 Å². The second-order valence-electron chi connectivity index (χ2n) is 8.40. The Morgan fingerprint density at radius 3 is 2.90 bits per heavy atom. The first kappa shape index (κ1) is 19.8. The average molecular weight is 471 g/mol. The molecule has 1 aliphatic heterocycles. The van der Waals surface area contributed by atoms with E-state index in [1.54, 1.807) is 33.3 Å². The van der Waals surface area contributed by atoms with Crippen LogP contribution in [-0.2, 0) is 25.1 Å². The van der Waals surface area contributed by atoms with Crippen LogP contribution in [0.1, 0.15) is 47.6 Å². The Morgan fingerprint density at radius 2 is 2.00 bits per heavy atom. The zero-order chi connectivity index (χ0) is 20.8. The van der Waals surface area contributed by atoms with E-state index in [4.69, 9.17) is 9.97 Å². The van der Waals surface area contributed by atoms with E-state index in [0.29, 0.717) is 5.75 Å². The Kier molecular flexibility index (Phi) is 5.30. The van der Waals surface area contributed by atoms with Crippen molar-refractivity contribution in [2.24, 2.45) is 0 Å². The Morgan fingerprint density at radius 1 is 1.10 bits per heavy atom. The highest BCUT2D eigenvalue weighted by Gasteiger charge is 2.24. The van der Waals surface area contributed by atoms with Gasteiger partial charge in [-0.3, -0.25) is 9.20 Å². The number of hydrogen-bond acceptors (Lipinski definition) is 7. The summed E-state index contributed by atoms with van der Waals surface area (Å²) in [4.78, 5) is 32.1. The highest BCUT2D eigenvalue weighted by atomic mass is 32.2. The van der Waals surface area contributed by atoms with E-state index in [0.717, 1.165) is 39.3 Å². The topological polar surface area (TPSA) is 64.6 Å². The van der Waals surface area contributed by atoms with E-state index in [-0.39, 0.29) is 5.56 Å². The van der Waals surface area contributed by atoms with Crippen LogP contribution in [0, 0.1) is 0 Å². The SMILES string of the molecule is O=c1cc(CSc2nc(C[NH+]3CCCCC3)nc3sc4c(c23)CCC4)nc2sccn12. The molecule has 6 rings (SSSR count). The van der Waals surface area contributed by atoms with Gasteiger partial charge in [0.25, 0.3) is 5.56 Å². The number of nitrogens with one attached hydrogen (secondary N) is 1. The normalized spacial score (nSPS) is 17.0. The maximum absolute atomic E-state index is 12.4. The highest BCUT2D eigenvalue weighted by molar-refractivity contribution is 7.98. The van der Waals surface area contributed by atoms with Crippen LogP contribution in [0.15, 0.2) is 27.5 Å². The van der Waals surface area contributed by atoms with Gasteiger partial charge in [-0.25, -0.2) is 15.0 Å². The van der Waals surface area contributed by atoms with Crippen molar-refractivity contribution in [1.29, 1.82) is 0 Å². The summed E-state index contributed by atoms with van der Waals surface area (Å²) in [5.74, 6) is 1.62. The predicted octanol–water partition coefficient (Wildman–Crippen LogP) is 3.11. The summed E-state index contributed by atoms with van der Waals surface area (Å²) in [7, 11) is 0. The van der Waals surface area contributed by atoms with Crippen LogP contribution in [0.25, 0.3) is 15.2 Å². The quantitative estimate of drug-likeness (QED) is 0.359. The first-order valence-electron chi connectivity index (χ1n) is 11.0. The van der Waals surface area contributed by atoms with Gasteiger partial charge in [0.05, 0.1) is 18.8 Å². The average Bonchev–Trinajstić information content (AvgIpc) is 3.48. The minimum Gasteiger partial charge on any atom is -0.329 e. The van der Waals surface area contributed by atoms with Gasteiger partial charge in [-0.15, -0.1) is 22.7 Å². The van der Waals surface area contributed by atoms with Crippen molar-refractivity contribution in [2.45, 2.75) is 55.8 Å². The fourth-order valence-electron chi connectivity index (χ4n) is 4.74. The minimum atomic E-state index is -0.0134. The molecule has 1 saturated heterocycles. The second kappa shape index (κ2) is 8.27. The Labute approximate surface area is 192 Å². The molecule has 0 unspecified atom stereocenters. The lowest BCUT2D eigenvalue weighted by molar-refractivity contribution is -0.919. The third kappa shape index (κ3) is 3.82. The largest absolute Gasteiger partial charge is 0.329 e. The molecule has 5 heterocycles. The van der Waals surface area contributed by atoms with Gasteiger partial charge in [-0.1, -0.05) is 11.8 Å². The van der Waals surface area contributed by atoms with Crippen molar-refractivity contribution in [3.63, 3.8) is 0 Å². The molecule has 0 amide bonds. The summed E-state index contributed by atoms with van der Waals surface area (Å²) in [6.45, 7) is 3.35. The van der Waals surface area contributed by atoms with Crippen LogP contribution in [0.4, 0.5) is 0 Å². The van der Waals surface area contributed by atoms with Gasteiger partial charge < -0.3 is 4.90 Å². The summed E-state index contributed by atoms with van der Waals surface area (Å²) in [6, 6.07) is 1.65. The molecule has 0 aromatic carbocycles. The first-order valence-corrected chi connectivity index (χ1v) is 13.7. The Hall–Kier alpha value is -1.81. The fourth-order valence-corrected chi connectivity index (χ4v) is 7.79. The molecule has 9 heteroatoms. The monoisotopic (exact) mass is 470 g/mol. The van der Waals surface area contributed by atoms with Crippen LogP contribution in [0.3, 0.4) is 0 Å². The third-order valence-electron chi connectivity index (χ3n) is 6.26. The number of thioether (sulfide) groups is 1. The van der Waals surface area contributed by atoms with E-state index in [1.807, 2.05) is 16.7 Å². The van der Waals surface area contributed by atoms with E-state index in [9.17, 15) is 4.79 Å². The standard InChI is InChI=1S/C22H23N5OS3/c28-18-11-14(23-22-27(18)9-10-29-22)13-30-20-19-15-5-4-6-16(15)31-21(19)25-17(24-20)12-26-7-2-1-3-8-26/h9-11H,1-8,12-13H2/p+1. The number of fused-ring (bicyclic) bond motifs is 4. The Bertz CT molecular complexity index is 1320. The van der Waals surface area contributed by atoms with Gasteiger partial charge in [0.15, 0.2) is 10.8 Å². The third-order valence-corrected chi connectivity index (χ3v) is 9.21. The van der Waals surface area contributed by atoms with Crippen molar-refractivity contribution in [3.05, 3.63) is 50.0 Å². The number of aromatic nitrogens is 4. The van der Waals surface area contributed by atoms with Crippen LogP contribution in [0.5, 0.6) is 0 Å². The number of quaternary nitrogens is 1. The fraction of sp³-hybridized carbons (Fsp3) is 0.455. The van der Waals surface area contributed by atoms with E-state index in [2.05, 4.69) is 4.98 Å². The summed E-state index contributed by atoms with van der Waals surface area (Å²) in [5.41, 5.74) is 2.26. The van der Waals surface area contributed by atoms with Gasteiger partial charge in [-0.2, -0.15) is 0 Å². The van der Waals surface area contributed by atoms with Gasteiger partial charge in [0, 0.05) is 33.7 Å². The molecule has 160 valence electrons. The van der Waals surface area contributed by atoms with Crippen LogP contribution >= 0.6 is 34.4 Å². The lowest BCUT2D eigenvalue weighted by Gasteiger charge is -2.22. The van der Waals surface area contributed by atoms with Gasteiger partial charge >= 0.3 is 0 Å².